The van der Waals surface area contributed by atoms with Gasteiger partial charge in [-0.15, -0.1) is 0 Å². The third-order valence-electron chi connectivity index (χ3n) is 9.03. The lowest BCUT2D eigenvalue weighted by Gasteiger charge is -2.49. The van der Waals surface area contributed by atoms with Gasteiger partial charge in [0, 0.05) is 6.08 Å². The molecule has 12 N–H and O–H groups in total. The van der Waals surface area contributed by atoms with Gasteiger partial charge in [0.15, 0.2) is 48.0 Å². The van der Waals surface area contributed by atoms with Crippen LogP contribution >= 0.6 is 0 Å². The molecular weight excluding hydrogens is 728 g/mol. The van der Waals surface area contributed by atoms with Gasteiger partial charge in [0.1, 0.15) is 61.0 Å². The van der Waals surface area contributed by atoms with Crippen molar-refractivity contribution in [3.63, 3.8) is 0 Å². The van der Waals surface area contributed by atoms with Crippen LogP contribution < -0.4 is 0 Å². The molecule has 3 fully saturated rings. The summed E-state index contributed by atoms with van der Waals surface area (Å²) in [5.74, 6) is -2.74. The number of esters is 1. The zero-order valence-corrected chi connectivity index (χ0v) is 28.4. The first-order valence-corrected chi connectivity index (χ1v) is 16.8. The van der Waals surface area contributed by atoms with Gasteiger partial charge >= 0.3 is 5.97 Å². The molecule has 0 amide bonds. The van der Waals surface area contributed by atoms with Crippen LogP contribution in [0.1, 0.15) is 11.1 Å². The van der Waals surface area contributed by atoms with Gasteiger partial charge in [-0.3, -0.25) is 0 Å². The number of rotatable bonds is 13. The second-order valence-electron chi connectivity index (χ2n) is 12.8. The number of hydrogen-bond acceptors (Lipinski definition) is 20. The van der Waals surface area contributed by atoms with E-state index in [9.17, 15) is 66.1 Å². The number of hydrogen-bond donors (Lipinski definition) is 12. The van der Waals surface area contributed by atoms with Gasteiger partial charge in [-0.25, -0.2) is 4.79 Å². The van der Waals surface area contributed by atoms with Crippen LogP contribution in [0.15, 0.2) is 42.5 Å². The highest BCUT2D eigenvalue weighted by atomic mass is 16.8. The highest BCUT2D eigenvalue weighted by Crippen LogP contribution is 2.35. The quantitative estimate of drug-likeness (QED) is 0.0532. The maximum absolute atomic E-state index is 13.2. The largest absolute Gasteiger partial charge is 0.504 e. The lowest BCUT2D eigenvalue weighted by atomic mass is 9.96. The van der Waals surface area contributed by atoms with E-state index in [-0.39, 0.29) is 24.3 Å². The molecule has 3 aliphatic heterocycles. The van der Waals surface area contributed by atoms with E-state index >= 15 is 0 Å². The number of phenolic OH excluding ortho intramolecular Hbond substituents is 4. The van der Waals surface area contributed by atoms with Crippen molar-refractivity contribution in [3.05, 3.63) is 53.6 Å². The van der Waals surface area contributed by atoms with Gasteiger partial charge in [0.05, 0.1) is 26.4 Å². The molecule has 0 spiro atoms. The Morgan fingerprint density at radius 3 is 1.98 bits per heavy atom. The smallest absolute Gasteiger partial charge is 0.331 e. The number of aliphatic hydroxyl groups excluding tert-OH is 8. The van der Waals surface area contributed by atoms with E-state index in [1.165, 1.54) is 36.4 Å². The number of carbonyl (C=O) groups excluding carboxylic acids is 1. The zero-order valence-electron chi connectivity index (χ0n) is 28.4. The molecule has 0 radical (unpaired) electrons. The first kappa shape index (κ1) is 41.5. The summed E-state index contributed by atoms with van der Waals surface area (Å²) in [7, 11) is 0. The molecule has 2 aromatic carbocycles. The van der Waals surface area contributed by atoms with Crippen LogP contribution in [0.4, 0.5) is 0 Å². The summed E-state index contributed by atoms with van der Waals surface area (Å²) in [4.78, 5) is 13.2. The average Bonchev–Trinajstić information content (AvgIpc) is 3.15. The summed E-state index contributed by atoms with van der Waals surface area (Å²) in [5, 5.41) is 122. The molecule has 5 rings (SSSR count). The number of carbonyl (C=O) groups is 1. The SMILES string of the molecule is O=C(/C=C/c1ccc(O)c(O)c1)O[C@H]1[C@H](O[C@@H]2O[C@H](CO)[C@@H](O)[C@H](O)[C@H]2O)[C@@H](O[C@H]2OC[C@@H](O)[C@@H](O)[C@@H]2O)[C@H](OCCc2ccc(O)c(O)c2)O[C@@H]1CO. The van der Waals surface area contributed by atoms with E-state index in [1.807, 2.05) is 0 Å². The Kier molecular flexibility index (Phi) is 14.0. The Hall–Kier alpha value is -3.71. The summed E-state index contributed by atoms with van der Waals surface area (Å²) >= 11 is 0. The van der Waals surface area contributed by atoms with Crippen molar-refractivity contribution in [3.8, 4) is 23.0 Å². The maximum Gasteiger partial charge on any atom is 0.331 e. The standard InChI is InChI=1S/C34H44O20/c35-11-21-25(44)26(45)28(47)33(50-21)53-30-29(52-23(42)6-3-14-1-4-16(37)18(39)9-14)22(12-36)51-34(48-8-7-15-2-5-17(38)19(40)10-15)31(30)54-32-27(46)24(43)20(41)13-49-32/h1-6,9-10,20-22,24-41,43-47H,7-8,11-13H2/b6-3+/t20-,21-,22-,24-,25-,26+,27+,28-,29-,30+,31-,32-,33+,34-/m1/s1. The van der Waals surface area contributed by atoms with Gasteiger partial charge in [-0.1, -0.05) is 12.1 Å². The first-order chi connectivity index (χ1) is 25.7. The summed E-state index contributed by atoms with van der Waals surface area (Å²) in [5.41, 5.74) is 0.755. The van der Waals surface area contributed by atoms with E-state index in [0.29, 0.717) is 5.56 Å². The van der Waals surface area contributed by atoms with E-state index in [4.69, 9.17) is 33.2 Å². The van der Waals surface area contributed by atoms with E-state index in [2.05, 4.69) is 0 Å². The monoisotopic (exact) mass is 772 g/mol. The summed E-state index contributed by atoms with van der Waals surface area (Å²) in [6, 6.07) is 7.71. The maximum atomic E-state index is 13.2. The fourth-order valence-electron chi connectivity index (χ4n) is 5.99. The minimum atomic E-state index is -1.99. The van der Waals surface area contributed by atoms with E-state index in [0.717, 1.165) is 12.1 Å². The Balaban J connectivity index is 1.49. The van der Waals surface area contributed by atoms with Gasteiger partial charge < -0.3 is 94.4 Å². The van der Waals surface area contributed by atoms with Gasteiger partial charge in [0.25, 0.3) is 0 Å². The molecule has 3 aliphatic rings. The molecule has 3 heterocycles. The third-order valence-corrected chi connectivity index (χ3v) is 9.03. The summed E-state index contributed by atoms with van der Waals surface area (Å²) in [6.07, 6.45) is -22.0. The molecule has 20 heteroatoms. The van der Waals surface area contributed by atoms with Gasteiger partial charge in [-0.2, -0.15) is 0 Å². The number of ether oxygens (including phenoxy) is 7. The molecule has 14 atom stereocenters. The van der Waals surface area contributed by atoms with Crippen LogP contribution in [0, 0.1) is 0 Å². The highest BCUT2D eigenvalue weighted by molar-refractivity contribution is 5.87. The fourth-order valence-corrected chi connectivity index (χ4v) is 5.99. The van der Waals surface area contributed by atoms with Gasteiger partial charge in [0.2, 0.25) is 0 Å². The number of phenols is 4. The van der Waals surface area contributed by atoms with Crippen molar-refractivity contribution in [1.82, 2.24) is 0 Å². The minimum absolute atomic E-state index is 0.0892. The first-order valence-electron chi connectivity index (χ1n) is 16.8. The molecule has 2 aromatic rings. The normalized spacial score (nSPS) is 35.9. The molecule has 20 nitrogen and oxygen atoms in total. The Bertz CT molecular complexity index is 1570. The van der Waals surface area contributed by atoms with E-state index in [1.54, 1.807) is 0 Å². The third kappa shape index (κ3) is 9.56. The predicted molar refractivity (Wildman–Crippen MR) is 175 cm³/mol. The van der Waals surface area contributed by atoms with Crippen LogP contribution in [-0.2, 0) is 44.4 Å². The fraction of sp³-hybridized carbons (Fsp3) is 0.559. The second-order valence-corrected chi connectivity index (χ2v) is 12.8. The summed E-state index contributed by atoms with van der Waals surface area (Å²) < 4.78 is 40.7. The van der Waals surface area contributed by atoms with Gasteiger partial charge in [-0.05, 0) is 47.9 Å². The topological polar surface area (TPSA) is 324 Å². The number of benzene rings is 2. The Labute approximate surface area is 306 Å². The Morgan fingerprint density at radius 1 is 0.685 bits per heavy atom. The van der Waals surface area contributed by atoms with Crippen LogP contribution in [0.2, 0.25) is 0 Å². The molecule has 3 saturated heterocycles. The summed E-state index contributed by atoms with van der Waals surface area (Å²) in [6.45, 7) is -2.43. The highest BCUT2D eigenvalue weighted by Gasteiger charge is 2.55. The van der Waals surface area contributed by atoms with Crippen molar-refractivity contribution in [2.45, 2.75) is 92.4 Å². The number of aromatic hydroxyl groups is 4. The molecule has 0 aliphatic carbocycles. The zero-order chi connectivity index (χ0) is 39.3. The average molecular weight is 773 g/mol. The lowest BCUT2D eigenvalue weighted by molar-refractivity contribution is -0.386. The molecule has 0 saturated carbocycles. The van der Waals surface area contributed by atoms with E-state index < -0.39 is 129 Å². The molecular formula is C34H44O20. The molecule has 300 valence electrons. The molecule has 0 aromatic heterocycles. The van der Waals surface area contributed by atoms with Crippen molar-refractivity contribution in [1.29, 1.82) is 0 Å². The number of aliphatic hydroxyl groups is 8. The van der Waals surface area contributed by atoms with Crippen molar-refractivity contribution in [2.75, 3.05) is 26.4 Å². The van der Waals surface area contributed by atoms with Crippen molar-refractivity contribution < 1.29 is 99.2 Å². The molecule has 0 unspecified atom stereocenters. The predicted octanol–water partition coefficient (Wildman–Crippen LogP) is -3.58. The van der Waals surface area contributed by atoms with Crippen LogP contribution in [-0.4, -0.2) is 180 Å². The van der Waals surface area contributed by atoms with Crippen molar-refractivity contribution >= 4 is 12.0 Å². The van der Waals surface area contributed by atoms with Crippen LogP contribution in [0.3, 0.4) is 0 Å². The van der Waals surface area contributed by atoms with Crippen molar-refractivity contribution in [2.24, 2.45) is 0 Å². The lowest BCUT2D eigenvalue weighted by Crippen LogP contribution is -2.67. The second kappa shape index (κ2) is 18.3. The minimum Gasteiger partial charge on any atom is -0.504 e. The van der Waals surface area contributed by atoms with Crippen LogP contribution in [0.5, 0.6) is 23.0 Å². The Morgan fingerprint density at radius 2 is 1.31 bits per heavy atom. The molecule has 54 heavy (non-hydrogen) atoms. The molecule has 0 bridgehead atoms. The van der Waals surface area contributed by atoms with Crippen LogP contribution in [0.25, 0.3) is 6.08 Å².